The van der Waals surface area contributed by atoms with Crippen molar-refractivity contribution in [2.24, 2.45) is 0 Å². The van der Waals surface area contributed by atoms with Gasteiger partial charge in [-0.05, 0) is 43.9 Å². The molecule has 3 rings (SSSR count). The Hall–Kier alpha value is -1.66. The number of piperidine rings is 1. The summed E-state index contributed by atoms with van der Waals surface area (Å²) in [6, 6.07) is 7.15. The number of rotatable bonds is 4. The van der Waals surface area contributed by atoms with E-state index in [1.54, 1.807) is 4.90 Å². The molecule has 1 amide bonds. The largest absolute Gasteiger partial charge is 0.450 e. The second-order valence-corrected chi connectivity index (χ2v) is 6.74. The number of hydrogen-bond acceptors (Lipinski definition) is 4. The average Bonchev–Trinajstić information content (AvgIpc) is 2.64. The molecule has 6 heteroatoms. The molecule has 0 N–H and O–H groups in total. The maximum atomic E-state index is 13.0. The fourth-order valence-electron chi connectivity index (χ4n) is 3.71. The van der Waals surface area contributed by atoms with Crippen LogP contribution in [0, 0.1) is 5.82 Å². The summed E-state index contributed by atoms with van der Waals surface area (Å²) in [5.41, 5.74) is 1.10. The van der Waals surface area contributed by atoms with Crippen molar-refractivity contribution in [1.82, 2.24) is 9.80 Å². The molecule has 138 valence electrons. The lowest BCUT2D eigenvalue weighted by atomic mass is 10.0. The van der Waals surface area contributed by atoms with Crippen molar-refractivity contribution in [3.8, 4) is 0 Å². The van der Waals surface area contributed by atoms with E-state index in [-0.39, 0.29) is 18.0 Å². The molecule has 2 aliphatic rings. The number of carbonyl (C=O) groups is 1. The zero-order valence-corrected chi connectivity index (χ0v) is 14.8. The van der Waals surface area contributed by atoms with Crippen molar-refractivity contribution in [2.45, 2.75) is 38.3 Å². The number of likely N-dealkylation sites (tertiary alicyclic amines) is 1. The molecule has 0 aliphatic carbocycles. The predicted octanol–water partition coefficient (Wildman–Crippen LogP) is 2.69. The van der Waals surface area contributed by atoms with Crippen LogP contribution in [-0.2, 0) is 15.9 Å². The van der Waals surface area contributed by atoms with E-state index in [0.29, 0.717) is 12.6 Å². The van der Waals surface area contributed by atoms with E-state index in [1.165, 1.54) is 12.1 Å². The van der Waals surface area contributed by atoms with Crippen molar-refractivity contribution in [1.29, 1.82) is 0 Å². The number of amides is 1. The first-order valence-electron chi connectivity index (χ1n) is 9.17. The molecule has 1 atom stereocenters. The van der Waals surface area contributed by atoms with E-state index in [4.69, 9.17) is 9.47 Å². The second kappa shape index (κ2) is 8.63. The second-order valence-electron chi connectivity index (χ2n) is 6.74. The highest BCUT2D eigenvalue weighted by Gasteiger charge is 2.31. The van der Waals surface area contributed by atoms with Gasteiger partial charge in [-0.2, -0.15) is 0 Å². The molecule has 0 saturated carbocycles. The summed E-state index contributed by atoms with van der Waals surface area (Å²) < 4.78 is 24.0. The lowest BCUT2D eigenvalue weighted by molar-refractivity contribution is -0.0507. The highest BCUT2D eigenvalue weighted by atomic mass is 19.1. The topological polar surface area (TPSA) is 42.0 Å². The molecular formula is C19H27FN2O3. The van der Waals surface area contributed by atoms with Gasteiger partial charge in [-0.3, -0.25) is 4.90 Å². The summed E-state index contributed by atoms with van der Waals surface area (Å²) >= 11 is 0. The first kappa shape index (κ1) is 18.1. The third kappa shape index (κ3) is 4.92. The highest BCUT2D eigenvalue weighted by molar-refractivity contribution is 5.67. The van der Waals surface area contributed by atoms with Gasteiger partial charge in [0.05, 0.1) is 19.3 Å². The highest BCUT2D eigenvalue weighted by Crippen LogP contribution is 2.21. The number of morpholine rings is 1. The number of nitrogens with zero attached hydrogens (tertiary/aromatic N) is 2. The van der Waals surface area contributed by atoms with E-state index < -0.39 is 0 Å². The van der Waals surface area contributed by atoms with Crippen LogP contribution in [0.2, 0.25) is 0 Å². The first-order chi connectivity index (χ1) is 12.2. The van der Waals surface area contributed by atoms with E-state index in [2.05, 4.69) is 4.90 Å². The van der Waals surface area contributed by atoms with Crippen LogP contribution in [0.1, 0.15) is 25.3 Å². The Labute approximate surface area is 148 Å². The number of ether oxygens (including phenoxy) is 2. The SMILES string of the molecule is CCOC(=O)N1CCC(N2CCOC(Cc3ccc(F)cc3)C2)CC1. The van der Waals surface area contributed by atoms with Gasteiger partial charge in [0.1, 0.15) is 5.82 Å². The molecule has 1 unspecified atom stereocenters. The molecule has 2 fully saturated rings. The number of halogens is 1. The van der Waals surface area contributed by atoms with E-state index in [9.17, 15) is 9.18 Å². The molecule has 25 heavy (non-hydrogen) atoms. The molecule has 5 nitrogen and oxygen atoms in total. The molecular weight excluding hydrogens is 323 g/mol. The zero-order chi connectivity index (χ0) is 17.6. The Morgan fingerprint density at radius 2 is 1.96 bits per heavy atom. The molecule has 0 bridgehead atoms. The summed E-state index contributed by atoms with van der Waals surface area (Å²) in [4.78, 5) is 16.1. The Morgan fingerprint density at radius 1 is 1.24 bits per heavy atom. The Balaban J connectivity index is 1.48. The summed E-state index contributed by atoms with van der Waals surface area (Å²) in [6.07, 6.45) is 2.70. The normalized spacial score (nSPS) is 22.8. The van der Waals surface area contributed by atoms with Crippen LogP contribution in [0.3, 0.4) is 0 Å². The maximum absolute atomic E-state index is 13.0. The minimum Gasteiger partial charge on any atom is -0.450 e. The lowest BCUT2D eigenvalue weighted by Crippen LogP contribution is -2.52. The number of carbonyl (C=O) groups excluding carboxylic acids is 1. The Morgan fingerprint density at radius 3 is 2.64 bits per heavy atom. The van der Waals surface area contributed by atoms with Crippen LogP contribution in [0.5, 0.6) is 0 Å². The average molecular weight is 350 g/mol. The Kier molecular flexibility index (Phi) is 6.26. The predicted molar refractivity (Wildman–Crippen MR) is 93.0 cm³/mol. The summed E-state index contributed by atoms with van der Waals surface area (Å²) in [5, 5.41) is 0. The van der Waals surface area contributed by atoms with Gasteiger partial charge in [-0.1, -0.05) is 12.1 Å². The fourth-order valence-corrected chi connectivity index (χ4v) is 3.71. The van der Waals surface area contributed by atoms with Gasteiger partial charge in [0.15, 0.2) is 0 Å². The van der Waals surface area contributed by atoms with Gasteiger partial charge in [-0.15, -0.1) is 0 Å². The standard InChI is InChI=1S/C19H27FN2O3/c1-2-24-19(23)21-9-7-17(8-10-21)22-11-12-25-18(14-22)13-15-3-5-16(20)6-4-15/h3-6,17-18H,2,7-14H2,1H3. The van der Waals surface area contributed by atoms with Crippen molar-refractivity contribution in [3.63, 3.8) is 0 Å². The van der Waals surface area contributed by atoms with Crippen molar-refractivity contribution < 1.29 is 18.7 Å². The van der Waals surface area contributed by atoms with Gasteiger partial charge in [0, 0.05) is 32.2 Å². The molecule has 0 spiro atoms. The van der Waals surface area contributed by atoms with Crippen LogP contribution < -0.4 is 0 Å². The maximum Gasteiger partial charge on any atom is 0.409 e. The van der Waals surface area contributed by atoms with Crippen LogP contribution in [0.4, 0.5) is 9.18 Å². The minimum absolute atomic E-state index is 0.141. The molecule has 1 aromatic carbocycles. The third-order valence-electron chi connectivity index (χ3n) is 5.05. The van der Waals surface area contributed by atoms with Crippen molar-refractivity contribution >= 4 is 6.09 Å². The van der Waals surface area contributed by atoms with Gasteiger partial charge < -0.3 is 14.4 Å². The zero-order valence-electron chi connectivity index (χ0n) is 14.8. The summed E-state index contributed by atoms with van der Waals surface area (Å²) in [5.74, 6) is -0.205. The molecule has 1 aromatic rings. The quantitative estimate of drug-likeness (QED) is 0.837. The van der Waals surface area contributed by atoms with Crippen LogP contribution in [-0.4, -0.2) is 67.4 Å². The first-order valence-corrected chi connectivity index (χ1v) is 9.17. The lowest BCUT2D eigenvalue weighted by Gasteiger charge is -2.42. The van der Waals surface area contributed by atoms with Crippen molar-refractivity contribution in [2.75, 3.05) is 39.4 Å². The summed E-state index contributed by atoms with van der Waals surface area (Å²) in [7, 11) is 0. The van der Waals surface area contributed by atoms with Gasteiger partial charge in [0.2, 0.25) is 0 Å². The van der Waals surface area contributed by atoms with Gasteiger partial charge in [-0.25, -0.2) is 9.18 Å². The van der Waals surface area contributed by atoms with Crippen LogP contribution >= 0.6 is 0 Å². The smallest absolute Gasteiger partial charge is 0.409 e. The van der Waals surface area contributed by atoms with Gasteiger partial charge in [0.25, 0.3) is 0 Å². The minimum atomic E-state index is -0.205. The van der Waals surface area contributed by atoms with E-state index in [0.717, 1.165) is 57.6 Å². The third-order valence-corrected chi connectivity index (χ3v) is 5.05. The van der Waals surface area contributed by atoms with Crippen molar-refractivity contribution in [3.05, 3.63) is 35.6 Å². The van der Waals surface area contributed by atoms with E-state index >= 15 is 0 Å². The molecule has 2 heterocycles. The van der Waals surface area contributed by atoms with Crippen LogP contribution in [0.25, 0.3) is 0 Å². The fraction of sp³-hybridized carbons (Fsp3) is 0.632. The Bertz CT molecular complexity index is 558. The number of hydrogen-bond donors (Lipinski definition) is 0. The molecule has 0 aromatic heterocycles. The number of benzene rings is 1. The molecule has 2 saturated heterocycles. The van der Waals surface area contributed by atoms with Gasteiger partial charge >= 0.3 is 6.09 Å². The summed E-state index contributed by atoms with van der Waals surface area (Å²) in [6.45, 7) is 6.31. The molecule has 0 radical (unpaired) electrons. The van der Waals surface area contributed by atoms with E-state index in [1.807, 2.05) is 19.1 Å². The monoisotopic (exact) mass is 350 g/mol. The molecule has 2 aliphatic heterocycles. The van der Waals surface area contributed by atoms with Crippen LogP contribution in [0.15, 0.2) is 24.3 Å².